The molecule has 0 unspecified atom stereocenters. The van der Waals surface area contributed by atoms with Gasteiger partial charge in [-0.1, -0.05) is 24.3 Å². The van der Waals surface area contributed by atoms with Gasteiger partial charge in [0.2, 0.25) is 11.8 Å². The van der Waals surface area contributed by atoms with Gasteiger partial charge in [0.1, 0.15) is 6.04 Å². The van der Waals surface area contributed by atoms with Crippen molar-refractivity contribution in [1.82, 2.24) is 24.8 Å². The number of benzene rings is 1. The van der Waals surface area contributed by atoms with E-state index in [1.165, 1.54) is 0 Å². The molecule has 172 valence electrons. The number of nitrogens with zero attached hydrogens (tertiary/aromatic N) is 4. The SMILES string of the molecule is CC(C)NC(=O)[C@@]1(Cc2cccc(-c3ccncc3)c2)CCN(C(=O)[C@@H](C)n2ccnc2)C1. The first-order valence-corrected chi connectivity index (χ1v) is 11.4. The van der Waals surface area contributed by atoms with Gasteiger partial charge in [-0.05, 0) is 62.4 Å². The lowest BCUT2D eigenvalue weighted by Gasteiger charge is -2.30. The Kier molecular flexibility index (Phi) is 6.58. The second-order valence-electron chi connectivity index (χ2n) is 9.22. The van der Waals surface area contributed by atoms with E-state index in [0.29, 0.717) is 25.9 Å². The molecule has 33 heavy (non-hydrogen) atoms. The molecule has 0 saturated carbocycles. The Morgan fingerprint density at radius 2 is 1.85 bits per heavy atom. The number of amides is 2. The van der Waals surface area contributed by atoms with Gasteiger partial charge < -0.3 is 14.8 Å². The van der Waals surface area contributed by atoms with Crippen LogP contribution in [-0.4, -0.2) is 50.4 Å². The Balaban J connectivity index is 1.58. The van der Waals surface area contributed by atoms with Crippen LogP contribution >= 0.6 is 0 Å². The highest BCUT2D eigenvalue weighted by Crippen LogP contribution is 2.36. The van der Waals surface area contributed by atoms with Gasteiger partial charge >= 0.3 is 0 Å². The average Bonchev–Trinajstić information content (AvgIpc) is 3.50. The molecule has 1 fully saturated rings. The number of likely N-dealkylation sites (tertiary alicyclic amines) is 1. The number of carbonyl (C=O) groups excluding carboxylic acids is 2. The van der Waals surface area contributed by atoms with Crippen LogP contribution in [0.3, 0.4) is 0 Å². The van der Waals surface area contributed by atoms with E-state index in [1.54, 1.807) is 35.7 Å². The number of pyridine rings is 1. The largest absolute Gasteiger partial charge is 0.353 e. The Hall–Kier alpha value is -3.48. The third kappa shape index (κ3) is 4.97. The summed E-state index contributed by atoms with van der Waals surface area (Å²) in [5.74, 6) is 0.0233. The van der Waals surface area contributed by atoms with Gasteiger partial charge in [-0.25, -0.2) is 4.98 Å². The molecule has 0 radical (unpaired) electrons. The Bertz CT molecular complexity index is 1100. The minimum atomic E-state index is -0.661. The summed E-state index contributed by atoms with van der Waals surface area (Å²) in [5, 5.41) is 3.11. The van der Waals surface area contributed by atoms with Gasteiger partial charge in [-0.3, -0.25) is 14.6 Å². The number of nitrogens with one attached hydrogen (secondary N) is 1. The molecular formula is C26H31N5O2. The second-order valence-corrected chi connectivity index (χ2v) is 9.22. The summed E-state index contributed by atoms with van der Waals surface area (Å²) < 4.78 is 1.80. The molecular weight excluding hydrogens is 414 g/mol. The van der Waals surface area contributed by atoms with Crippen LogP contribution in [-0.2, 0) is 16.0 Å². The van der Waals surface area contributed by atoms with Crippen LogP contribution in [0.4, 0.5) is 0 Å². The summed E-state index contributed by atoms with van der Waals surface area (Å²) in [4.78, 5) is 36.6. The van der Waals surface area contributed by atoms with E-state index in [0.717, 1.165) is 16.7 Å². The molecule has 4 rings (SSSR count). The van der Waals surface area contributed by atoms with Gasteiger partial charge in [0.05, 0.1) is 11.7 Å². The van der Waals surface area contributed by atoms with Crippen molar-refractivity contribution in [2.24, 2.45) is 5.41 Å². The van der Waals surface area contributed by atoms with Crippen LogP contribution in [0.25, 0.3) is 11.1 Å². The minimum absolute atomic E-state index is 0.0115. The Morgan fingerprint density at radius 1 is 1.06 bits per heavy atom. The zero-order chi connectivity index (χ0) is 23.4. The monoisotopic (exact) mass is 445 g/mol. The van der Waals surface area contributed by atoms with Crippen molar-refractivity contribution in [1.29, 1.82) is 0 Å². The molecule has 7 heteroatoms. The molecule has 1 aliphatic heterocycles. The predicted molar refractivity (Wildman–Crippen MR) is 127 cm³/mol. The fourth-order valence-corrected chi connectivity index (χ4v) is 4.57. The van der Waals surface area contributed by atoms with Crippen LogP contribution < -0.4 is 5.32 Å². The van der Waals surface area contributed by atoms with E-state index < -0.39 is 5.41 Å². The molecule has 3 heterocycles. The van der Waals surface area contributed by atoms with Crippen molar-refractivity contribution >= 4 is 11.8 Å². The number of carbonyl (C=O) groups is 2. The van der Waals surface area contributed by atoms with E-state index in [9.17, 15) is 9.59 Å². The van der Waals surface area contributed by atoms with Crippen LogP contribution in [0, 0.1) is 5.41 Å². The van der Waals surface area contributed by atoms with Crippen molar-refractivity contribution in [3.63, 3.8) is 0 Å². The summed E-state index contributed by atoms with van der Waals surface area (Å²) in [6, 6.07) is 11.9. The van der Waals surface area contributed by atoms with E-state index in [4.69, 9.17) is 0 Å². The van der Waals surface area contributed by atoms with Gasteiger partial charge in [0.25, 0.3) is 0 Å². The smallest absolute Gasteiger partial charge is 0.245 e. The number of imidazole rings is 1. The van der Waals surface area contributed by atoms with E-state index in [2.05, 4.69) is 33.5 Å². The van der Waals surface area contributed by atoms with Crippen LogP contribution in [0.1, 0.15) is 38.8 Å². The van der Waals surface area contributed by atoms with Crippen molar-refractivity contribution < 1.29 is 9.59 Å². The van der Waals surface area contributed by atoms with Gasteiger partial charge in [0, 0.05) is 43.9 Å². The number of hydrogen-bond donors (Lipinski definition) is 1. The van der Waals surface area contributed by atoms with Gasteiger partial charge in [-0.15, -0.1) is 0 Å². The van der Waals surface area contributed by atoms with Crippen molar-refractivity contribution in [3.8, 4) is 11.1 Å². The third-order valence-electron chi connectivity index (χ3n) is 6.38. The van der Waals surface area contributed by atoms with Crippen molar-refractivity contribution in [2.75, 3.05) is 13.1 Å². The molecule has 1 aliphatic rings. The zero-order valence-corrected chi connectivity index (χ0v) is 19.4. The first-order chi connectivity index (χ1) is 15.9. The highest BCUT2D eigenvalue weighted by atomic mass is 16.2. The van der Waals surface area contributed by atoms with Crippen LogP contribution in [0.5, 0.6) is 0 Å². The van der Waals surface area contributed by atoms with Crippen molar-refractivity contribution in [2.45, 2.75) is 45.7 Å². The first kappa shape index (κ1) is 22.7. The van der Waals surface area contributed by atoms with Crippen molar-refractivity contribution in [3.05, 3.63) is 73.1 Å². The Labute approximate surface area is 194 Å². The predicted octanol–water partition coefficient (Wildman–Crippen LogP) is 3.49. The van der Waals surface area contributed by atoms with Crippen LogP contribution in [0.15, 0.2) is 67.5 Å². The Morgan fingerprint density at radius 3 is 2.55 bits per heavy atom. The van der Waals surface area contributed by atoms with Gasteiger partial charge in [0.15, 0.2) is 0 Å². The molecule has 1 saturated heterocycles. The molecule has 2 atom stereocenters. The third-order valence-corrected chi connectivity index (χ3v) is 6.38. The first-order valence-electron chi connectivity index (χ1n) is 11.4. The lowest BCUT2D eigenvalue weighted by molar-refractivity contribution is -0.135. The molecule has 7 nitrogen and oxygen atoms in total. The fourth-order valence-electron chi connectivity index (χ4n) is 4.57. The quantitative estimate of drug-likeness (QED) is 0.604. The number of aromatic nitrogens is 3. The molecule has 0 bridgehead atoms. The summed E-state index contributed by atoms with van der Waals surface area (Å²) >= 11 is 0. The second kappa shape index (κ2) is 9.57. The molecule has 2 amide bonds. The summed E-state index contributed by atoms with van der Waals surface area (Å²) in [5.41, 5.74) is 2.60. The molecule has 0 spiro atoms. The molecule has 2 aromatic heterocycles. The minimum Gasteiger partial charge on any atom is -0.353 e. The van der Waals surface area contributed by atoms with E-state index in [1.807, 2.05) is 43.9 Å². The highest BCUT2D eigenvalue weighted by Gasteiger charge is 2.46. The van der Waals surface area contributed by atoms with E-state index >= 15 is 0 Å². The lowest BCUT2D eigenvalue weighted by Crippen LogP contribution is -2.47. The summed E-state index contributed by atoms with van der Waals surface area (Å²) in [6.07, 6.45) is 9.89. The van der Waals surface area contributed by atoms with Crippen LogP contribution in [0.2, 0.25) is 0 Å². The van der Waals surface area contributed by atoms with E-state index in [-0.39, 0.29) is 23.9 Å². The standard InChI is InChI=1S/C26H31N5O2/c1-19(2)29-25(33)26(9-13-30(17-26)24(32)20(3)31-14-12-28-18-31)16-21-5-4-6-23(15-21)22-7-10-27-11-8-22/h4-8,10-12,14-15,18-20H,9,13,16-17H2,1-3H3,(H,29,33)/t20-,26-/m1/s1. The maximum Gasteiger partial charge on any atom is 0.245 e. The maximum absolute atomic E-state index is 13.4. The molecule has 3 aromatic rings. The topological polar surface area (TPSA) is 80.1 Å². The number of rotatable bonds is 7. The molecule has 1 N–H and O–H groups in total. The molecule has 0 aliphatic carbocycles. The fraction of sp³-hybridized carbons (Fsp3) is 0.385. The lowest BCUT2D eigenvalue weighted by atomic mass is 9.79. The number of hydrogen-bond acceptors (Lipinski definition) is 4. The highest BCUT2D eigenvalue weighted by molar-refractivity contribution is 5.87. The average molecular weight is 446 g/mol. The zero-order valence-electron chi connectivity index (χ0n) is 19.4. The van der Waals surface area contributed by atoms with Gasteiger partial charge in [-0.2, -0.15) is 0 Å². The maximum atomic E-state index is 13.4. The molecule has 1 aromatic carbocycles. The normalized spacial score (nSPS) is 19.0. The summed E-state index contributed by atoms with van der Waals surface area (Å²) in [7, 11) is 0. The summed E-state index contributed by atoms with van der Waals surface area (Å²) in [6.45, 7) is 6.77.